The number of nitrogens with zero attached hydrogens (tertiary/aromatic N) is 4. The van der Waals surface area contributed by atoms with E-state index < -0.39 is 8.25 Å². The molecule has 4 aromatic carbocycles. The van der Waals surface area contributed by atoms with Crippen LogP contribution in [-0.4, -0.2) is 45.0 Å². The van der Waals surface area contributed by atoms with Crippen molar-refractivity contribution in [2.75, 3.05) is 34.5 Å². The van der Waals surface area contributed by atoms with Crippen molar-refractivity contribution in [3.63, 3.8) is 0 Å². The van der Waals surface area contributed by atoms with Crippen molar-refractivity contribution in [2.45, 2.75) is 27.7 Å². The Bertz CT molecular complexity index is 2330. The minimum atomic E-state index is -3.23. The highest BCUT2D eigenvalue weighted by molar-refractivity contribution is 7.34. The number of halogens is 2. The number of nitrogens with one attached hydrogen (secondary N) is 6. The van der Waals surface area contributed by atoms with Crippen LogP contribution in [0.15, 0.2) is 109 Å². The van der Waals surface area contributed by atoms with Crippen LogP contribution in [0.25, 0.3) is 0 Å². The molecule has 2 aromatic heterocycles. The highest BCUT2D eigenvalue weighted by Gasteiger charge is 2.16. The van der Waals surface area contributed by atoms with E-state index in [-0.39, 0.29) is 68.7 Å². The fourth-order valence-electron chi connectivity index (χ4n) is 5.14. The second-order valence-corrected chi connectivity index (χ2v) is 15.9. The maximum Gasteiger partial charge on any atom is 0.419 e. The van der Waals surface area contributed by atoms with Gasteiger partial charge in [0, 0.05) is 22.5 Å². The van der Waals surface area contributed by atoms with E-state index in [0.29, 0.717) is 47.1 Å². The molecule has 6 N–H and O–H groups in total. The summed E-state index contributed by atoms with van der Waals surface area (Å²) in [5, 5.41) is 12.8. The number of anilines is 8. The number of aromatic nitrogens is 4. The standard InChI is InChI=1S/C42H43Cl2N10O7P/c1-25(2)23-58-53-39(55)27-13-17-29(18-14-27)47-41-45-21-31(43)37(51-41)49-33-9-5-7-11-35(33)60-62(57)61-36-12-8-6-10-34(36)50-38-32(44)22-46-42(52-38)48-30-19-15-28(16-20-30)40(56)54-59-24-26(3)4/h5-22,25-26,62H,23-24H2,1-4H3,(H,53,55)(H,54,56)(H2,45,47,49,51)(H2,46,48,50,52). The highest BCUT2D eigenvalue weighted by Crippen LogP contribution is 2.40. The van der Waals surface area contributed by atoms with E-state index >= 15 is 0 Å². The van der Waals surface area contributed by atoms with E-state index in [0.717, 1.165) is 0 Å². The normalized spacial score (nSPS) is 11.0. The van der Waals surface area contributed by atoms with Crippen LogP contribution >= 0.6 is 31.5 Å². The summed E-state index contributed by atoms with van der Waals surface area (Å²) in [6, 6.07) is 26.9. The Labute approximate surface area is 368 Å². The van der Waals surface area contributed by atoms with Gasteiger partial charge in [-0.25, -0.2) is 25.5 Å². The molecule has 0 saturated heterocycles. The summed E-state index contributed by atoms with van der Waals surface area (Å²) in [5.74, 6) is 1.09. The molecule has 0 bridgehead atoms. The number of benzene rings is 4. The molecule has 0 unspecified atom stereocenters. The smallest absolute Gasteiger partial charge is 0.416 e. The minimum Gasteiger partial charge on any atom is -0.416 e. The van der Waals surface area contributed by atoms with Crippen LogP contribution in [0.4, 0.5) is 46.3 Å². The average molecular weight is 902 g/mol. The van der Waals surface area contributed by atoms with E-state index in [1.54, 1.807) is 97.1 Å². The van der Waals surface area contributed by atoms with Gasteiger partial charge in [0.15, 0.2) is 23.1 Å². The molecule has 62 heavy (non-hydrogen) atoms. The lowest BCUT2D eigenvalue weighted by Gasteiger charge is -2.16. The summed E-state index contributed by atoms with van der Waals surface area (Å²) in [7, 11) is -3.23. The molecule has 0 atom stereocenters. The number of hydrogen-bond acceptors (Lipinski definition) is 15. The van der Waals surface area contributed by atoms with E-state index in [2.05, 4.69) is 52.2 Å². The summed E-state index contributed by atoms with van der Waals surface area (Å²) in [4.78, 5) is 52.7. The van der Waals surface area contributed by atoms with Gasteiger partial charge in [-0.3, -0.25) is 19.3 Å². The fraction of sp³-hybridized carbons (Fsp3) is 0.190. The van der Waals surface area contributed by atoms with Gasteiger partial charge in [0.1, 0.15) is 10.0 Å². The molecule has 6 aromatic rings. The maximum absolute atomic E-state index is 13.4. The lowest BCUT2D eigenvalue weighted by molar-refractivity contribution is 0.0206. The van der Waals surface area contributed by atoms with Crippen LogP contribution in [0.2, 0.25) is 10.0 Å². The third-order valence-corrected chi connectivity index (χ3v) is 9.45. The van der Waals surface area contributed by atoms with Gasteiger partial charge < -0.3 is 30.3 Å². The third kappa shape index (κ3) is 13.3. The monoisotopic (exact) mass is 900 g/mol. The second kappa shape index (κ2) is 21.9. The van der Waals surface area contributed by atoms with Crippen LogP contribution in [0.5, 0.6) is 11.5 Å². The molecule has 2 heterocycles. The lowest BCUT2D eigenvalue weighted by atomic mass is 10.2. The summed E-state index contributed by atoms with van der Waals surface area (Å²) in [6.07, 6.45) is 2.83. The van der Waals surface area contributed by atoms with E-state index in [4.69, 9.17) is 41.9 Å². The van der Waals surface area contributed by atoms with Crippen molar-refractivity contribution >= 4 is 89.6 Å². The summed E-state index contributed by atoms with van der Waals surface area (Å²) in [6.45, 7) is 8.71. The van der Waals surface area contributed by atoms with Crippen molar-refractivity contribution in [3.05, 3.63) is 131 Å². The van der Waals surface area contributed by atoms with Crippen LogP contribution in [0.3, 0.4) is 0 Å². The molecular formula is C42H43Cl2N10O7P. The molecule has 2 amide bonds. The average Bonchev–Trinajstić information content (AvgIpc) is 3.25. The molecule has 0 aliphatic heterocycles. The number of carbonyl (C=O) groups is 2. The topological polar surface area (TPSA) is 212 Å². The number of rotatable bonds is 20. The van der Waals surface area contributed by atoms with Crippen LogP contribution in [-0.2, 0) is 14.2 Å². The van der Waals surface area contributed by atoms with Gasteiger partial charge >= 0.3 is 8.25 Å². The molecule has 6 rings (SSSR count). The summed E-state index contributed by atoms with van der Waals surface area (Å²) in [5.41, 5.74) is 7.69. The van der Waals surface area contributed by atoms with Crippen molar-refractivity contribution in [1.82, 2.24) is 30.9 Å². The van der Waals surface area contributed by atoms with Crippen LogP contribution < -0.4 is 41.3 Å². The summed E-state index contributed by atoms with van der Waals surface area (Å²) >= 11 is 12.9. The van der Waals surface area contributed by atoms with E-state index in [1.807, 2.05) is 27.7 Å². The Morgan fingerprint density at radius 1 is 0.581 bits per heavy atom. The molecule has 0 spiro atoms. The number of carbonyl (C=O) groups excluding carboxylic acids is 2. The molecule has 0 aliphatic carbocycles. The Kier molecular flexibility index (Phi) is 15.9. The Morgan fingerprint density at radius 2 is 0.968 bits per heavy atom. The van der Waals surface area contributed by atoms with E-state index in [9.17, 15) is 14.2 Å². The quantitative estimate of drug-likeness (QED) is 0.0311. The zero-order chi connectivity index (χ0) is 44.0. The first-order chi connectivity index (χ1) is 29.9. The van der Waals surface area contributed by atoms with Crippen molar-refractivity contribution in [1.29, 1.82) is 0 Å². The predicted octanol–water partition coefficient (Wildman–Crippen LogP) is 10.0. The van der Waals surface area contributed by atoms with Crippen molar-refractivity contribution in [3.8, 4) is 11.5 Å². The predicted molar refractivity (Wildman–Crippen MR) is 240 cm³/mol. The Morgan fingerprint density at radius 3 is 1.35 bits per heavy atom. The molecule has 0 saturated carbocycles. The molecule has 20 heteroatoms. The van der Waals surface area contributed by atoms with Gasteiger partial charge in [-0.2, -0.15) is 9.97 Å². The van der Waals surface area contributed by atoms with Crippen LogP contribution in [0.1, 0.15) is 48.4 Å². The van der Waals surface area contributed by atoms with Crippen molar-refractivity contribution < 1.29 is 32.9 Å². The number of amides is 2. The van der Waals surface area contributed by atoms with Gasteiger partial charge in [0.05, 0.1) is 37.0 Å². The summed E-state index contributed by atoms with van der Waals surface area (Å²) < 4.78 is 25.1. The number of hydroxylamine groups is 2. The molecular weight excluding hydrogens is 858 g/mol. The molecule has 17 nitrogen and oxygen atoms in total. The van der Waals surface area contributed by atoms with E-state index in [1.165, 1.54) is 12.4 Å². The fourth-order valence-corrected chi connectivity index (χ4v) is 6.17. The van der Waals surface area contributed by atoms with Gasteiger partial charge in [-0.15, -0.1) is 0 Å². The highest BCUT2D eigenvalue weighted by atomic mass is 35.5. The molecule has 0 radical (unpaired) electrons. The third-order valence-electron chi connectivity index (χ3n) is 8.12. The number of hydrogen-bond donors (Lipinski definition) is 6. The first-order valence-corrected chi connectivity index (χ1v) is 21.1. The van der Waals surface area contributed by atoms with Gasteiger partial charge in [0.2, 0.25) is 11.9 Å². The zero-order valence-corrected chi connectivity index (χ0v) is 36.4. The largest absolute Gasteiger partial charge is 0.419 e. The Hall–Kier alpha value is -6.49. The Balaban J connectivity index is 1.07. The van der Waals surface area contributed by atoms with Gasteiger partial charge in [0.25, 0.3) is 11.8 Å². The van der Waals surface area contributed by atoms with Crippen molar-refractivity contribution in [2.24, 2.45) is 11.8 Å². The first kappa shape index (κ1) is 45.0. The van der Waals surface area contributed by atoms with Gasteiger partial charge in [-0.1, -0.05) is 75.2 Å². The minimum absolute atomic E-state index is 0.194. The SMILES string of the molecule is CC(C)CONC(=O)c1ccc(Nc2ncc(Cl)c(Nc3ccccc3O[PH](=O)Oc3ccccc3Nc3nc(Nc4ccc(C(=O)NOCC(C)C)cc4)ncc3Cl)n2)cc1. The first-order valence-electron chi connectivity index (χ1n) is 19.2. The number of para-hydroxylation sites is 4. The van der Waals surface area contributed by atoms with Gasteiger partial charge in [-0.05, 0) is 84.6 Å². The second-order valence-electron chi connectivity index (χ2n) is 14.2. The molecule has 0 aliphatic rings. The molecule has 0 fully saturated rings. The zero-order valence-electron chi connectivity index (χ0n) is 33.9. The maximum atomic E-state index is 13.4. The molecule has 322 valence electrons. The lowest BCUT2D eigenvalue weighted by Crippen LogP contribution is -2.25. The van der Waals surface area contributed by atoms with Crippen LogP contribution in [0, 0.1) is 11.8 Å².